The van der Waals surface area contributed by atoms with Crippen LogP contribution in [-0.4, -0.2) is 68.9 Å². The molecule has 2 fully saturated rings. The van der Waals surface area contributed by atoms with Crippen LogP contribution in [0.1, 0.15) is 25.7 Å². The van der Waals surface area contributed by atoms with E-state index in [0.29, 0.717) is 23.4 Å². The van der Waals surface area contributed by atoms with Gasteiger partial charge in [-0.25, -0.2) is 4.98 Å². The van der Waals surface area contributed by atoms with Crippen LogP contribution in [0.2, 0.25) is 5.02 Å². The van der Waals surface area contributed by atoms with E-state index in [1.54, 1.807) is 13.3 Å². The van der Waals surface area contributed by atoms with Crippen molar-refractivity contribution < 1.29 is 14.3 Å². The summed E-state index contributed by atoms with van der Waals surface area (Å²) in [5.74, 6) is 1.12. The van der Waals surface area contributed by atoms with Crippen molar-refractivity contribution in [3.05, 3.63) is 41.6 Å². The quantitative estimate of drug-likeness (QED) is 0.542. The predicted octanol–water partition coefficient (Wildman–Crippen LogP) is 4.54. The Kier molecular flexibility index (Phi) is 9.16. The zero-order valence-corrected chi connectivity index (χ0v) is 20.7. The van der Waals surface area contributed by atoms with E-state index in [1.165, 1.54) is 0 Å². The Bertz CT molecular complexity index is 951. The number of likely N-dealkylation sites (tertiary alicyclic amines) is 1. The average molecular weight is 487 g/mol. The molecule has 0 unspecified atom stereocenters. The molecule has 2 aliphatic rings. The molecule has 34 heavy (non-hydrogen) atoms. The summed E-state index contributed by atoms with van der Waals surface area (Å²) >= 11 is 6.51. The number of carbonyl (C=O) groups excluding carboxylic acids is 1. The van der Waals surface area contributed by atoms with Crippen LogP contribution in [0.5, 0.6) is 0 Å². The molecule has 0 saturated carbocycles. The highest BCUT2D eigenvalue weighted by Crippen LogP contribution is 2.31. The molecule has 4 rings (SSSR count). The monoisotopic (exact) mass is 486 g/mol. The number of carbonyl (C=O) groups is 1. The van der Waals surface area contributed by atoms with Crippen LogP contribution in [-0.2, 0) is 14.3 Å². The normalized spacial score (nSPS) is 19.6. The largest absolute Gasteiger partial charge is 0.385 e. The number of amides is 1. The van der Waals surface area contributed by atoms with Crippen molar-refractivity contribution in [2.45, 2.75) is 25.7 Å². The van der Waals surface area contributed by atoms with Gasteiger partial charge in [-0.3, -0.25) is 4.79 Å². The third-order valence-electron chi connectivity index (χ3n) is 6.70. The second-order valence-electron chi connectivity index (χ2n) is 9.19. The summed E-state index contributed by atoms with van der Waals surface area (Å²) in [6.45, 7) is 5.91. The number of nitrogens with one attached hydrogen (secondary N) is 2. The Labute approximate surface area is 207 Å². The van der Waals surface area contributed by atoms with E-state index >= 15 is 0 Å². The minimum Gasteiger partial charge on any atom is -0.385 e. The van der Waals surface area contributed by atoms with Crippen LogP contribution < -0.4 is 10.6 Å². The molecule has 1 aromatic heterocycles. The lowest BCUT2D eigenvalue weighted by Gasteiger charge is -2.31. The van der Waals surface area contributed by atoms with Gasteiger partial charge >= 0.3 is 0 Å². The summed E-state index contributed by atoms with van der Waals surface area (Å²) in [4.78, 5) is 19.6. The molecule has 2 aliphatic heterocycles. The zero-order valence-electron chi connectivity index (χ0n) is 19.9. The molecule has 2 aromatic rings. The summed E-state index contributed by atoms with van der Waals surface area (Å²) in [6, 6.07) is 10.1. The van der Waals surface area contributed by atoms with Gasteiger partial charge in [0.2, 0.25) is 5.91 Å². The molecule has 184 valence electrons. The SMILES string of the molecule is COCCN1CCC[C@@H](C(=O)Nc2cc(-c3cccc(NCC4CCOCC4)c3)c(Cl)cn2)C1. The molecule has 1 atom stereocenters. The van der Waals surface area contributed by atoms with Crippen LogP contribution >= 0.6 is 11.6 Å². The molecule has 2 saturated heterocycles. The number of anilines is 2. The molecule has 8 heteroatoms. The Morgan fingerprint density at radius 2 is 2.12 bits per heavy atom. The van der Waals surface area contributed by atoms with Gasteiger partial charge in [-0.05, 0) is 61.9 Å². The van der Waals surface area contributed by atoms with Crippen LogP contribution in [0.3, 0.4) is 0 Å². The first kappa shape index (κ1) is 24.9. The van der Waals surface area contributed by atoms with Gasteiger partial charge < -0.3 is 25.0 Å². The van der Waals surface area contributed by atoms with Gasteiger partial charge in [0.1, 0.15) is 5.82 Å². The maximum Gasteiger partial charge on any atom is 0.229 e. The zero-order chi connectivity index (χ0) is 23.8. The molecule has 1 aromatic carbocycles. The van der Waals surface area contributed by atoms with Gasteiger partial charge in [-0.15, -0.1) is 0 Å². The van der Waals surface area contributed by atoms with Crippen molar-refractivity contribution in [1.82, 2.24) is 9.88 Å². The summed E-state index contributed by atoms with van der Waals surface area (Å²) < 4.78 is 10.6. The first-order chi connectivity index (χ1) is 16.6. The number of methoxy groups -OCH3 is 1. The van der Waals surface area contributed by atoms with Crippen LogP contribution in [0, 0.1) is 11.8 Å². The lowest BCUT2D eigenvalue weighted by molar-refractivity contribution is -0.121. The summed E-state index contributed by atoms with van der Waals surface area (Å²) in [5, 5.41) is 7.13. The van der Waals surface area contributed by atoms with Crippen molar-refractivity contribution >= 4 is 29.0 Å². The maximum absolute atomic E-state index is 12.9. The lowest BCUT2D eigenvalue weighted by Crippen LogP contribution is -2.42. The molecule has 2 N–H and O–H groups in total. The Hall–Kier alpha value is -2.19. The van der Waals surface area contributed by atoms with Crippen molar-refractivity contribution in [3.63, 3.8) is 0 Å². The van der Waals surface area contributed by atoms with Crippen molar-refractivity contribution in [2.24, 2.45) is 11.8 Å². The van der Waals surface area contributed by atoms with Crippen LogP contribution in [0.4, 0.5) is 11.5 Å². The number of nitrogens with zero attached hydrogens (tertiary/aromatic N) is 2. The molecular formula is C26H35ClN4O3. The van der Waals surface area contributed by atoms with E-state index in [4.69, 9.17) is 21.1 Å². The number of ether oxygens (including phenoxy) is 2. The van der Waals surface area contributed by atoms with Gasteiger partial charge in [0.05, 0.1) is 17.5 Å². The maximum atomic E-state index is 12.9. The Morgan fingerprint density at radius 1 is 1.26 bits per heavy atom. The fourth-order valence-corrected chi connectivity index (χ4v) is 4.87. The molecule has 7 nitrogen and oxygen atoms in total. The highest BCUT2D eigenvalue weighted by molar-refractivity contribution is 6.33. The van der Waals surface area contributed by atoms with Gasteiger partial charge in [-0.2, -0.15) is 0 Å². The van der Waals surface area contributed by atoms with Crippen molar-refractivity contribution in [1.29, 1.82) is 0 Å². The summed E-state index contributed by atoms with van der Waals surface area (Å²) in [5.41, 5.74) is 2.90. The Balaban J connectivity index is 1.40. The van der Waals surface area contributed by atoms with Crippen molar-refractivity contribution in [3.8, 4) is 11.1 Å². The first-order valence-electron chi connectivity index (χ1n) is 12.2. The van der Waals surface area contributed by atoms with E-state index in [2.05, 4.69) is 32.7 Å². The third-order valence-corrected chi connectivity index (χ3v) is 7.01. The second-order valence-corrected chi connectivity index (χ2v) is 9.60. The standard InChI is InChI=1S/C26H35ClN4O3/c1-33-13-10-31-9-3-5-21(18-31)26(32)30-25-15-23(24(27)17-29-25)20-4-2-6-22(14-20)28-16-19-7-11-34-12-8-19/h2,4,6,14-15,17,19,21,28H,3,5,7-13,16,18H2,1H3,(H,29,30,32)/t21-/m1/s1. The minimum absolute atomic E-state index is 0.00904. The second kappa shape index (κ2) is 12.5. The number of aromatic nitrogens is 1. The van der Waals surface area contributed by atoms with Crippen LogP contribution in [0.25, 0.3) is 11.1 Å². The first-order valence-corrected chi connectivity index (χ1v) is 12.6. The molecule has 3 heterocycles. The average Bonchev–Trinajstić information content (AvgIpc) is 2.88. The van der Waals surface area contributed by atoms with Gasteiger partial charge in [0.15, 0.2) is 0 Å². The lowest BCUT2D eigenvalue weighted by atomic mass is 9.97. The van der Waals surface area contributed by atoms with Gasteiger partial charge in [0.25, 0.3) is 0 Å². The Morgan fingerprint density at radius 3 is 2.94 bits per heavy atom. The topological polar surface area (TPSA) is 75.7 Å². The van der Waals surface area contributed by atoms with Crippen LogP contribution in [0.15, 0.2) is 36.5 Å². The highest BCUT2D eigenvalue weighted by atomic mass is 35.5. The molecular weight excluding hydrogens is 452 g/mol. The predicted molar refractivity (Wildman–Crippen MR) is 136 cm³/mol. The number of benzene rings is 1. The molecule has 1 amide bonds. The fourth-order valence-electron chi connectivity index (χ4n) is 4.66. The number of hydrogen-bond acceptors (Lipinski definition) is 6. The number of pyridine rings is 1. The van der Waals surface area contributed by atoms with Gasteiger partial charge in [-0.1, -0.05) is 23.7 Å². The highest BCUT2D eigenvalue weighted by Gasteiger charge is 2.26. The van der Waals surface area contributed by atoms with Gasteiger partial charge in [0, 0.05) is 57.4 Å². The molecule has 0 spiro atoms. The van der Waals surface area contributed by atoms with E-state index in [1.807, 2.05) is 18.2 Å². The molecule has 0 bridgehead atoms. The summed E-state index contributed by atoms with van der Waals surface area (Å²) in [7, 11) is 1.70. The smallest absolute Gasteiger partial charge is 0.229 e. The van der Waals surface area contributed by atoms with E-state index in [9.17, 15) is 4.79 Å². The van der Waals surface area contributed by atoms with E-state index < -0.39 is 0 Å². The number of rotatable bonds is 9. The fraction of sp³-hybridized carbons (Fsp3) is 0.538. The van der Waals surface area contributed by atoms with E-state index in [0.717, 1.165) is 81.9 Å². The van der Waals surface area contributed by atoms with Crippen molar-refractivity contribution in [2.75, 3.05) is 63.7 Å². The molecule has 0 aliphatic carbocycles. The third kappa shape index (κ3) is 6.92. The molecule has 0 radical (unpaired) electrons. The number of piperidine rings is 1. The number of halogens is 1. The number of hydrogen-bond donors (Lipinski definition) is 2. The summed E-state index contributed by atoms with van der Waals surface area (Å²) in [6.07, 6.45) is 5.69. The van der Waals surface area contributed by atoms with E-state index in [-0.39, 0.29) is 11.8 Å². The minimum atomic E-state index is -0.0516.